The van der Waals surface area contributed by atoms with Crippen LogP contribution < -0.4 is 0 Å². The molecule has 3 N–H and O–H groups in total. The summed E-state index contributed by atoms with van der Waals surface area (Å²) in [6.07, 6.45) is -0.0539. The Hall–Kier alpha value is -1.85. The van der Waals surface area contributed by atoms with Gasteiger partial charge in [0.1, 0.15) is 0 Å². The minimum atomic E-state index is -0.982. The van der Waals surface area contributed by atoms with Crippen molar-refractivity contribution in [3.05, 3.63) is 35.0 Å². The number of aromatic nitrogens is 1. The van der Waals surface area contributed by atoms with E-state index < -0.39 is 12.1 Å². The van der Waals surface area contributed by atoms with E-state index in [0.717, 1.165) is 22.2 Å². The molecule has 1 aromatic carbocycles. The molecule has 0 radical (unpaired) electrons. The Labute approximate surface area is 117 Å². The Bertz CT molecular complexity index is 643. The van der Waals surface area contributed by atoms with Gasteiger partial charge in [-0.3, -0.25) is 0 Å². The molecule has 0 aliphatic carbocycles. The summed E-state index contributed by atoms with van der Waals surface area (Å²) in [5, 5.41) is 28.8. The van der Waals surface area contributed by atoms with E-state index in [0.29, 0.717) is 13.0 Å². The van der Waals surface area contributed by atoms with Crippen LogP contribution in [0.3, 0.4) is 0 Å². The molecule has 0 bridgehead atoms. The second-order valence-corrected chi connectivity index (χ2v) is 4.94. The average Bonchev–Trinajstić information content (AvgIpc) is 2.67. The number of hydrogen-bond acceptors (Lipinski definition) is 3. The molecule has 0 spiro atoms. The average molecular weight is 277 g/mol. The molecule has 0 amide bonds. The van der Waals surface area contributed by atoms with Gasteiger partial charge in [-0.1, -0.05) is 0 Å². The lowest BCUT2D eigenvalue weighted by Gasteiger charge is -2.08. The van der Waals surface area contributed by atoms with Gasteiger partial charge in [0, 0.05) is 35.3 Å². The van der Waals surface area contributed by atoms with Crippen LogP contribution in [-0.2, 0) is 6.54 Å². The fraction of sp³-hybridized carbons (Fsp3) is 0.400. The van der Waals surface area contributed by atoms with Crippen molar-refractivity contribution in [2.24, 2.45) is 0 Å². The molecule has 1 atom stereocenters. The molecule has 108 valence electrons. The standard InChI is InChI=1S/C15H19NO4/c1-9-14(10(2)18)12-8-11(15(19)20)4-5-13(12)16(9)6-3-7-17/h4-5,8,10,17-18H,3,6-7H2,1-2H3,(H,19,20). The Morgan fingerprint density at radius 2 is 2.10 bits per heavy atom. The van der Waals surface area contributed by atoms with Crippen LogP contribution in [0.15, 0.2) is 18.2 Å². The molecular formula is C15H19NO4. The van der Waals surface area contributed by atoms with Gasteiger partial charge in [-0.2, -0.15) is 0 Å². The van der Waals surface area contributed by atoms with Crippen LogP contribution in [0.25, 0.3) is 10.9 Å². The number of fused-ring (bicyclic) bond motifs is 1. The molecule has 2 aromatic rings. The van der Waals surface area contributed by atoms with Crippen molar-refractivity contribution >= 4 is 16.9 Å². The van der Waals surface area contributed by atoms with Crippen LogP contribution in [-0.4, -0.2) is 32.5 Å². The Balaban J connectivity index is 2.69. The molecule has 0 saturated carbocycles. The molecule has 1 heterocycles. The summed E-state index contributed by atoms with van der Waals surface area (Å²) < 4.78 is 2.01. The molecule has 0 saturated heterocycles. The summed E-state index contributed by atoms with van der Waals surface area (Å²) in [5.74, 6) is -0.982. The largest absolute Gasteiger partial charge is 0.478 e. The van der Waals surface area contributed by atoms with Crippen LogP contribution in [0.4, 0.5) is 0 Å². The van der Waals surface area contributed by atoms with E-state index in [1.165, 1.54) is 0 Å². The molecule has 5 nitrogen and oxygen atoms in total. The Kier molecular flexibility index (Phi) is 4.11. The predicted octanol–water partition coefficient (Wildman–Crippen LogP) is 2.08. The highest BCUT2D eigenvalue weighted by molar-refractivity contribution is 5.95. The first-order valence-electron chi connectivity index (χ1n) is 6.62. The number of benzene rings is 1. The van der Waals surface area contributed by atoms with Gasteiger partial charge in [0.05, 0.1) is 11.7 Å². The highest BCUT2D eigenvalue weighted by Crippen LogP contribution is 2.31. The molecule has 0 fully saturated rings. The lowest BCUT2D eigenvalue weighted by Crippen LogP contribution is -2.03. The van der Waals surface area contributed by atoms with E-state index in [1.807, 2.05) is 11.5 Å². The molecule has 0 aliphatic rings. The van der Waals surface area contributed by atoms with Gasteiger partial charge in [-0.15, -0.1) is 0 Å². The molecule has 1 aromatic heterocycles. The van der Waals surface area contributed by atoms with Crippen molar-refractivity contribution < 1.29 is 20.1 Å². The number of hydrogen-bond donors (Lipinski definition) is 3. The lowest BCUT2D eigenvalue weighted by atomic mass is 10.0. The van der Waals surface area contributed by atoms with Crippen LogP contribution in [0.2, 0.25) is 0 Å². The third-order valence-electron chi connectivity index (χ3n) is 3.58. The van der Waals surface area contributed by atoms with Crippen molar-refractivity contribution in [2.45, 2.75) is 32.9 Å². The van der Waals surface area contributed by atoms with Crippen LogP contribution in [0.5, 0.6) is 0 Å². The van der Waals surface area contributed by atoms with Crippen molar-refractivity contribution in [1.82, 2.24) is 4.57 Å². The van der Waals surface area contributed by atoms with Crippen LogP contribution >= 0.6 is 0 Å². The lowest BCUT2D eigenvalue weighted by molar-refractivity contribution is 0.0697. The van der Waals surface area contributed by atoms with Gasteiger partial charge in [-0.05, 0) is 38.5 Å². The topological polar surface area (TPSA) is 82.7 Å². The molecule has 2 rings (SSSR count). The quantitative estimate of drug-likeness (QED) is 0.781. The van der Waals surface area contributed by atoms with Crippen LogP contribution in [0, 0.1) is 6.92 Å². The van der Waals surface area contributed by atoms with Gasteiger partial charge < -0.3 is 19.9 Å². The first-order chi connectivity index (χ1) is 9.47. The van der Waals surface area contributed by atoms with Gasteiger partial charge >= 0.3 is 5.97 Å². The number of carboxylic acid groups (broad SMARTS) is 1. The van der Waals surface area contributed by atoms with Gasteiger partial charge in [0.25, 0.3) is 0 Å². The first-order valence-corrected chi connectivity index (χ1v) is 6.62. The van der Waals surface area contributed by atoms with E-state index in [1.54, 1.807) is 25.1 Å². The Morgan fingerprint density at radius 3 is 2.65 bits per heavy atom. The first kappa shape index (κ1) is 14.6. The summed E-state index contributed by atoms with van der Waals surface area (Å²) in [5.41, 5.74) is 2.75. The number of aliphatic hydroxyl groups is 2. The monoisotopic (exact) mass is 277 g/mol. The third kappa shape index (κ3) is 2.42. The fourth-order valence-corrected chi connectivity index (χ4v) is 2.69. The van der Waals surface area contributed by atoms with E-state index in [9.17, 15) is 9.90 Å². The molecule has 0 aliphatic heterocycles. The Morgan fingerprint density at radius 1 is 1.40 bits per heavy atom. The maximum Gasteiger partial charge on any atom is 0.335 e. The number of rotatable bonds is 5. The zero-order valence-corrected chi connectivity index (χ0v) is 11.6. The summed E-state index contributed by atoms with van der Waals surface area (Å²) in [7, 11) is 0. The van der Waals surface area contributed by atoms with E-state index in [-0.39, 0.29) is 12.2 Å². The number of nitrogens with zero attached hydrogens (tertiary/aromatic N) is 1. The van der Waals surface area contributed by atoms with Gasteiger partial charge in [0.15, 0.2) is 0 Å². The number of aromatic carboxylic acids is 1. The maximum atomic E-state index is 11.1. The van der Waals surface area contributed by atoms with Crippen molar-refractivity contribution in [2.75, 3.05) is 6.61 Å². The number of aliphatic hydroxyl groups excluding tert-OH is 2. The van der Waals surface area contributed by atoms with Crippen molar-refractivity contribution in [3.63, 3.8) is 0 Å². The maximum absolute atomic E-state index is 11.1. The highest BCUT2D eigenvalue weighted by atomic mass is 16.4. The normalized spacial score (nSPS) is 12.8. The number of carboxylic acids is 1. The van der Waals surface area contributed by atoms with Gasteiger partial charge in [0.2, 0.25) is 0 Å². The van der Waals surface area contributed by atoms with Gasteiger partial charge in [-0.25, -0.2) is 4.79 Å². The zero-order valence-electron chi connectivity index (χ0n) is 11.6. The summed E-state index contributed by atoms with van der Waals surface area (Å²) in [4.78, 5) is 11.1. The number of carbonyl (C=O) groups is 1. The van der Waals surface area contributed by atoms with Crippen molar-refractivity contribution in [1.29, 1.82) is 0 Å². The minimum Gasteiger partial charge on any atom is -0.478 e. The van der Waals surface area contributed by atoms with E-state index in [2.05, 4.69) is 0 Å². The van der Waals surface area contributed by atoms with E-state index in [4.69, 9.17) is 10.2 Å². The summed E-state index contributed by atoms with van der Waals surface area (Å²) in [6, 6.07) is 4.92. The fourth-order valence-electron chi connectivity index (χ4n) is 2.69. The van der Waals surface area contributed by atoms with Crippen LogP contribution in [0.1, 0.15) is 41.1 Å². The molecule has 5 heteroatoms. The van der Waals surface area contributed by atoms with E-state index >= 15 is 0 Å². The molecular weight excluding hydrogens is 258 g/mol. The van der Waals surface area contributed by atoms with Crippen molar-refractivity contribution in [3.8, 4) is 0 Å². The highest BCUT2D eigenvalue weighted by Gasteiger charge is 2.18. The smallest absolute Gasteiger partial charge is 0.335 e. The zero-order chi connectivity index (χ0) is 14.9. The number of aryl methyl sites for hydroxylation is 1. The summed E-state index contributed by atoms with van der Waals surface area (Å²) >= 11 is 0. The second-order valence-electron chi connectivity index (χ2n) is 4.94. The third-order valence-corrected chi connectivity index (χ3v) is 3.58. The SMILES string of the molecule is Cc1c(C(C)O)c2cc(C(=O)O)ccc2n1CCCO. The second kappa shape index (κ2) is 5.64. The molecule has 1 unspecified atom stereocenters. The predicted molar refractivity (Wildman–Crippen MR) is 76.0 cm³/mol. The molecule has 20 heavy (non-hydrogen) atoms. The minimum absolute atomic E-state index is 0.0936. The summed E-state index contributed by atoms with van der Waals surface area (Å²) in [6.45, 7) is 4.31.